The average Bonchev–Trinajstić information content (AvgIpc) is 2.68. The van der Waals surface area contributed by atoms with E-state index in [1.54, 1.807) is 4.90 Å². The molecule has 0 aromatic heterocycles. The number of carbonyl (C=O) groups excluding carboxylic acids is 1. The molecule has 0 saturated carbocycles. The zero-order valence-electron chi connectivity index (χ0n) is 15.3. The van der Waals surface area contributed by atoms with Gasteiger partial charge < -0.3 is 15.0 Å². The summed E-state index contributed by atoms with van der Waals surface area (Å²) in [5.74, 6) is 0.416. The monoisotopic (exact) mass is 384 g/mol. The molecule has 1 aliphatic rings. The summed E-state index contributed by atoms with van der Waals surface area (Å²) >= 11 is 6.10. The second kappa shape index (κ2) is 9.47. The minimum Gasteiger partial charge on any atom is -0.445 e. The van der Waals surface area contributed by atoms with Crippen LogP contribution in [-0.2, 0) is 11.3 Å². The van der Waals surface area contributed by atoms with Gasteiger partial charge in [-0.15, -0.1) is 6.58 Å². The average molecular weight is 385 g/mol. The van der Waals surface area contributed by atoms with Crippen molar-refractivity contribution in [2.75, 3.05) is 18.4 Å². The van der Waals surface area contributed by atoms with Crippen molar-refractivity contribution in [3.8, 4) is 0 Å². The fraction of sp³-hybridized carbons (Fsp3) is 0.318. The fourth-order valence-corrected chi connectivity index (χ4v) is 3.62. The summed E-state index contributed by atoms with van der Waals surface area (Å²) in [5, 5.41) is 4.22. The van der Waals surface area contributed by atoms with Gasteiger partial charge >= 0.3 is 6.09 Å². The molecule has 0 unspecified atom stereocenters. The van der Waals surface area contributed by atoms with Gasteiger partial charge in [-0.1, -0.05) is 54.1 Å². The van der Waals surface area contributed by atoms with Crippen LogP contribution in [-0.4, -0.2) is 30.1 Å². The van der Waals surface area contributed by atoms with E-state index in [0.29, 0.717) is 30.6 Å². The minimum absolute atomic E-state index is 0.125. The molecule has 3 rings (SSSR count). The van der Waals surface area contributed by atoms with Crippen LogP contribution in [0.25, 0.3) is 0 Å². The van der Waals surface area contributed by atoms with Gasteiger partial charge in [-0.05, 0) is 42.5 Å². The first-order valence-corrected chi connectivity index (χ1v) is 9.62. The Morgan fingerprint density at radius 1 is 1.26 bits per heavy atom. The standard InChI is InChI=1S/C22H25ClN2O2/c1-2-7-18-12-13-25(22(26)27-16-17-8-4-3-5-9-17)15-21(18)24-20-11-6-10-19(23)14-20/h2-6,8-11,14,18,21,24H,1,7,12-13,15-16H2/t18-,21+/m0/s1. The Morgan fingerprint density at radius 3 is 2.81 bits per heavy atom. The van der Waals surface area contributed by atoms with Crippen molar-refractivity contribution in [1.29, 1.82) is 0 Å². The van der Waals surface area contributed by atoms with E-state index in [1.165, 1.54) is 0 Å². The van der Waals surface area contributed by atoms with Crippen molar-refractivity contribution < 1.29 is 9.53 Å². The summed E-state index contributed by atoms with van der Waals surface area (Å²) < 4.78 is 5.50. The SMILES string of the molecule is C=CC[C@H]1CCN(C(=O)OCc2ccccc2)C[C@H]1Nc1cccc(Cl)c1. The predicted molar refractivity (Wildman–Crippen MR) is 110 cm³/mol. The smallest absolute Gasteiger partial charge is 0.410 e. The number of piperidine rings is 1. The Balaban J connectivity index is 1.62. The van der Waals surface area contributed by atoms with E-state index in [9.17, 15) is 4.79 Å². The topological polar surface area (TPSA) is 41.6 Å². The molecular weight excluding hydrogens is 360 g/mol. The first kappa shape index (κ1) is 19.3. The van der Waals surface area contributed by atoms with Gasteiger partial charge in [0.15, 0.2) is 0 Å². The lowest BCUT2D eigenvalue weighted by molar-refractivity contribution is 0.0793. The number of carbonyl (C=O) groups is 1. The van der Waals surface area contributed by atoms with Crippen molar-refractivity contribution in [1.82, 2.24) is 4.90 Å². The molecule has 1 N–H and O–H groups in total. The molecule has 2 aromatic carbocycles. The van der Waals surface area contributed by atoms with E-state index < -0.39 is 0 Å². The molecule has 5 heteroatoms. The van der Waals surface area contributed by atoms with Crippen molar-refractivity contribution in [2.45, 2.75) is 25.5 Å². The van der Waals surface area contributed by atoms with E-state index in [2.05, 4.69) is 11.9 Å². The zero-order valence-corrected chi connectivity index (χ0v) is 16.1. The lowest BCUT2D eigenvalue weighted by atomic mass is 9.88. The first-order chi connectivity index (χ1) is 13.2. The molecule has 1 amide bonds. The first-order valence-electron chi connectivity index (χ1n) is 9.24. The zero-order chi connectivity index (χ0) is 19.1. The van der Waals surface area contributed by atoms with Crippen LogP contribution in [0.3, 0.4) is 0 Å². The van der Waals surface area contributed by atoms with E-state index in [0.717, 1.165) is 24.1 Å². The van der Waals surface area contributed by atoms with Crippen LogP contribution >= 0.6 is 11.6 Å². The molecule has 0 aliphatic carbocycles. The van der Waals surface area contributed by atoms with Gasteiger partial charge in [-0.3, -0.25) is 0 Å². The molecule has 1 heterocycles. The number of hydrogen-bond acceptors (Lipinski definition) is 3. The number of anilines is 1. The van der Waals surface area contributed by atoms with Crippen molar-refractivity contribution in [2.24, 2.45) is 5.92 Å². The summed E-state index contributed by atoms with van der Waals surface area (Å²) in [4.78, 5) is 14.3. The fourth-order valence-electron chi connectivity index (χ4n) is 3.43. The maximum Gasteiger partial charge on any atom is 0.410 e. The van der Waals surface area contributed by atoms with E-state index in [4.69, 9.17) is 16.3 Å². The Kier molecular flexibility index (Phi) is 6.77. The number of nitrogens with one attached hydrogen (secondary N) is 1. The molecule has 0 radical (unpaired) electrons. The normalized spacial score (nSPS) is 19.4. The molecule has 4 nitrogen and oxygen atoms in total. The highest BCUT2D eigenvalue weighted by atomic mass is 35.5. The van der Waals surface area contributed by atoms with Gasteiger partial charge in [0.1, 0.15) is 6.61 Å². The van der Waals surface area contributed by atoms with Gasteiger partial charge in [0.05, 0.1) is 0 Å². The highest BCUT2D eigenvalue weighted by molar-refractivity contribution is 6.30. The molecule has 1 saturated heterocycles. The molecule has 1 fully saturated rings. The summed E-state index contributed by atoms with van der Waals surface area (Å²) in [6.45, 7) is 5.45. The molecule has 0 spiro atoms. The van der Waals surface area contributed by atoms with Crippen molar-refractivity contribution in [3.05, 3.63) is 77.8 Å². The molecule has 2 atom stereocenters. The minimum atomic E-state index is -0.270. The molecule has 142 valence electrons. The Hall–Kier alpha value is -2.46. The summed E-state index contributed by atoms with van der Waals surface area (Å²) in [5.41, 5.74) is 1.95. The van der Waals surface area contributed by atoms with E-state index in [1.807, 2.05) is 60.7 Å². The lowest BCUT2D eigenvalue weighted by Crippen LogP contribution is -2.49. The molecular formula is C22H25ClN2O2. The van der Waals surface area contributed by atoms with Crippen LogP contribution in [0, 0.1) is 5.92 Å². The van der Waals surface area contributed by atoms with Gasteiger partial charge in [0.25, 0.3) is 0 Å². The second-order valence-corrected chi connectivity index (χ2v) is 7.26. The van der Waals surface area contributed by atoms with Crippen LogP contribution in [0.4, 0.5) is 10.5 Å². The summed E-state index contributed by atoms with van der Waals surface area (Å²) in [6.07, 6.45) is 3.49. The Morgan fingerprint density at radius 2 is 2.07 bits per heavy atom. The van der Waals surface area contributed by atoms with Gasteiger partial charge in [-0.25, -0.2) is 4.79 Å². The number of allylic oxidation sites excluding steroid dienone is 1. The Labute approximate surface area is 165 Å². The van der Waals surface area contributed by atoms with Crippen LogP contribution in [0.1, 0.15) is 18.4 Å². The van der Waals surface area contributed by atoms with Crippen molar-refractivity contribution >= 4 is 23.4 Å². The van der Waals surface area contributed by atoms with E-state index in [-0.39, 0.29) is 12.1 Å². The molecule has 2 aromatic rings. The molecule has 1 aliphatic heterocycles. The number of nitrogens with zero attached hydrogens (tertiary/aromatic N) is 1. The Bertz CT molecular complexity index is 766. The number of likely N-dealkylation sites (tertiary alicyclic amines) is 1. The quantitative estimate of drug-likeness (QED) is 0.682. The number of ether oxygens (including phenoxy) is 1. The second-order valence-electron chi connectivity index (χ2n) is 6.82. The largest absolute Gasteiger partial charge is 0.445 e. The van der Waals surface area contributed by atoms with Gasteiger partial charge in [-0.2, -0.15) is 0 Å². The third kappa shape index (κ3) is 5.51. The van der Waals surface area contributed by atoms with Gasteiger partial charge in [0, 0.05) is 29.8 Å². The van der Waals surface area contributed by atoms with Crippen molar-refractivity contribution in [3.63, 3.8) is 0 Å². The maximum absolute atomic E-state index is 12.5. The third-order valence-corrected chi connectivity index (χ3v) is 5.10. The van der Waals surface area contributed by atoms with Gasteiger partial charge in [0.2, 0.25) is 0 Å². The van der Waals surface area contributed by atoms with Crippen LogP contribution in [0.5, 0.6) is 0 Å². The van der Waals surface area contributed by atoms with E-state index >= 15 is 0 Å². The summed E-state index contributed by atoms with van der Waals surface area (Å²) in [7, 11) is 0. The number of benzene rings is 2. The molecule has 0 bridgehead atoms. The van der Waals surface area contributed by atoms with Crippen LogP contribution in [0.15, 0.2) is 67.3 Å². The predicted octanol–water partition coefficient (Wildman–Crippen LogP) is 5.36. The maximum atomic E-state index is 12.5. The third-order valence-electron chi connectivity index (χ3n) is 4.87. The van der Waals surface area contributed by atoms with Crippen LogP contribution < -0.4 is 5.32 Å². The van der Waals surface area contributed by atoms with Crippen LogP contribution in [0.2, 0.25) is 5.02 Å². The summed E-state index contributed by atoms with van der Waals surface area (Å²) in [6, 6.07) is 17.5. The number of amides is 1. The number of halogens is 1. The highest BCUT2D eigenvalue weighted by Crippen LogP contribution is 2.26. The number of hydrogen-bond donors (Lipinski definition) is 1. The lowest BCUT2D eigenvalue weighted by Gasteiger charge is -2.38. The number of rotatable bonds is 6. The molecule has 27 heavy (non-hydrogen) atoms. The highest BCUT2D eigenvalue weighted by Gasteiger charge is 2.31.